The number of para-hydroxylation sites is 1. The van der Waals surface area contributed by atoms with Crippen molar-refractivity contribution in [3.63, 3.8) is 0 Å². The molecule has 1 aliphatic heterocycles. The van der Waals surface area contributed by atoms with E-state index in [9.17, 15) is 9.90 Å². The zero-order chi connectivity index (χ0) is 26.7. The largest absolute Gasteiger partial charge is 0.494 e. The van der Waals surface area contributed by atoms with E-state index in [-0.39, 0.29) is 49.8 Å². The molecule has 38 heavy (non-hydrogen) atoms. The molecule has 0 amide bonds. The molecule has 5 atom stereocenters. The van der Waals surface area contributed by atoms with Crippen molar-refractivity contribution in [1.29, 1.82) is 0 Å². The number of hydrogen-bond acceptors (Lipinski definition) is 6. The highest BCUT2D eigenvalue weighted by molar-refractivity contribution is 6.61. The summed E-state index contributed by atoms with van der Waals surface area (Å²) >= 11 is 0. The third-order valence-corrected chi connectivity index (χ3v) is 6.95. The molecule has 5 unspecified atom stereocenters. The molecule has 6 nitrogen and oxygen atoms in total. The molecule has 1 aliphatic carbocycles. The number of benzene rings is 2. The van der Waals surface area contributed by atoms with E-state index in [1.165, 1.54) is 0 Å². The first-order valence-corrected chi connectivity index (χ1v) is 13.7. The molecular weight excluding hydrogens is 479 g/mol. The summed E-state index contributed by atoms with van der Waals surface area (Å²) < 4.78 is 23.7. The highest BCUT2D eigenvalue weighted by Gasteiger charge is 2.50. The van der Waals surface area contributed by atoms with Crippen LogP contribution < -0.4 is 10.2 Å². The number of carbonyl (C=O) groups is 1. The minimum Gasteiger partial charge on any atom is -0.491 e. The molecule has 1 N–H and O–H groups in total. The van der Waals surface area contributed by atoms with E-state index >= 15 is 0 Å². The van der Waals surface area contributed by atoms with Crippen LogP contribution in [0.4, 0.5) is 0 Å². The fourth-order valence-corrected chi connectivity index (χ4v) is 5.15. The van der Waals surface area contributed by atoms with Gasteiger partial charge in [-0.3, -0.25) is 4.79 Å². The molecule has 2 fully saturated rings. The van der Waals surface area contributed by atoms with Crippen molar-refractivity contribution >= 4 is 18.6 Å². The van der Waals surface area contributed by atoms with Gasteiger partial charge in [0.15, 0.2) is 0 Å². The number of hydrogen-bond donors (Lipinski definition) is 1. The molecule has 2 bridgehead atoms. The maximum Gasteiger partial charge on any atom is 0.494 e. The summed E-state index contributed by atoms with van der Waals surface area (Å²) in [4.78, 5) is 11.8. The van der Waals surface area contributed by atoms with Crippen molar-refractivity contribution < 1.29 is 28.7 Å². The minimum atomic E-state index is -0.719. The third kappa shape index (κ3) is 8.32. The molecular formula is C31H39BO6. The zero-order valence-electron chi connectivity index (χ0n) is 22.4. The number of fused-ring (bicyclic) bond motifs is 2. The van der Waals surface area contributed by atoms with Crippen molar-refractivity contribution in [3.05, 3.63) is 85.0 Å². The maximum absolute atomic E-state index is 11.8. The molecule has 1 saturated carbocycles. The molecule has 4 rings (SSSR count). The Morgan fingerprint density at radius 3 is 2.50 bits per heavy atom. The van der Waals surface area contributed by atoms with Gasteiger partial charge in [-0.05, 0) is 63.0 Å². The number of carbonyl (C=O) groups excluding carboxylic acids is 1. The lowest BCUT2D eigenvalue weighted by Crippen LogP contribution is -2.45. The Bertz CT molecular complexity index is 1040. The van der Waals surface area contributed by atoms with E-state index < -0.39 is 6.10 Å². The van der Waals surface area contributed by atoms with E-state index in [2.05, 4.69) is 18.2 Å². The lowest BCUT2D eigenvalue weighted by atomic mass is 9.77. The Kier molecular flexibility index (Phi) is 10.6. The lowest BCUT2D eigenvalue weighted by Gasteiger charge is -2.28. The first-order chi connectivity index (χ1) is 18.5. The van der Waals surface area contributed by atoms with Gasteiger partial charge in [0.05, 0.1) is 12.2 Å². The summed E-state index contributed by atoms with van der Waals surface area (Å²) in [6.45, 7) is 3.92. The lowest BCUT2D eigenvalue weighted by molar-refractivity contribution is -0.147. The number of aliphatic hydroxyl groups is 1. The van der Waals surface area contributed by atoms with Crippen molar-refractivity contribution in [2.75, 3.05) is 6.61 Å². The Morgan fingerprint density at radius 1 is 1.05 bits per heavy atom. The van der Waals surface area contributed by atoms with Crippen molar-refractivity contribution in [2.24, 2.45) is 11.8 Å². The summed E-state index contributed by atoms with van der Waals surface area (Å²) in [5, 5.41) is 10.6. The zero-order valence-corrected chi connectivity index (χ0v) is 22.4. The number of unbranched alkanes of at least 4 members (excludes halogenated alkanes) is 1. The van der Waals surface area contributed by atoms with Crippen molar-refractivity contribution in [2.45, 2.75) is 70.4 Å². The second kappa shape index (κ2) is 14.3. The molecule has 7 heteroatoms. The Labute approximate surface area is 226 Å². The second-order valence-corrected chi connectivity index (χ2v) is 10.3. The van der Waals surface area contributed by atoms with Gasteiger partial charge >= 0.3 is 13.1 Å². The van der Waals surface area contributed by atoms with Gasteiger partial charge in [-0.25, -0.2) is 0 Å². The van der Waals surface area contributed by atoms with Gasteiger partial charge in [-0.15, -0.1) is 0 Å². The Hall–Kier alpha value is -2.87. The summed E-state index contributed by atoms with van der Waals surface area (Å²) in [5.41, 5.74) is 1.02. The van der Waals surface area contributed by atoms with Crippen LogP contribution in [-0.4, -0.2) is 49.2 Å². The molecule has 2 aliphatic rings. The van der Waals surface area contributed by atoms with Gasteiger partial charge in [0, 0.05) is 18.4 Å². The third-order valence-electron chi connectivity index (χ3n) is 6.95. The van der Waals surface area contributed by atoms with Gasteiger partial charge in [0.25, 0.3) is 0 Å². The first-order valence-electron chi connectivity index (χ1n) is 13.7. The predicted octanol–water partition coefficient (Wildman–Crippen LogP) is 4.87. The fraction of sp³-hybridized carbons (Fsp3) is 0.452. The Balaban J connectivity index is 1.36. The molecule has 202 valence electrons. The number of aliphatic hydroxyl groups excluding tert-OH is 1. The van der Waals surface area contributed by atoms with Crippen LogP contribution >= 0.6 is 0 Å². The van der Waals surface area contributed by atoms with Crippen LogP contribution in [0, 0.1) is 11.8 Å². The molecule has 0 radical (unpaired) electrons. The van der Waals surface area contributed by atoms with Gasteiger partial charge in [0.1, 0.15) is 18.5 Å². The van der Waals surface area contributed by atoms with Gasteiger partial charge in [-0.2, -0.15) is 0 Å². The fourth-order valence-electron chi connectivity index (χ4n) is 5.15. The van der Waals surface area contributed by atoms with Crippen LogP contribution in [0.2, 0.25) is 0 Å². The molecule has 1 heterocycles. The molecule has 2 aromatic carbocycles. The molecule has 0 aromatic heterocycles. The predicted molar refractivity (Wildman–Crippen MR) is 149 cm³/mol. The summed E-state index contributed by atoms with van der Waals surface area (Å²) in [7, 11) is -0.386. The van der Waals surface area contributed by atoms with E-state index in [0.29, 0.717) is 6.42 Å². The van der Waals surface area contributed by atoms with Gasteiger partial charge in [-0.1, -0.05) is 72.8 Å². The summed E-state index contributed by atoms with van der Waals surface area (Å²) in [6, 6.07) is 19.5. The highest BCUT2D eigenvalue weighted by Crippen LogP contribution is 2.43. The van der Waals surface area contributed by atoms with E-state index in [1.54, 1.807) is 0 Å². The first kappa shape index (κ1) is 28.2. The van der Waals surface area contributed by atoms with E-state index in [4.69, 9.17) is 18.8 Å². The van der Waals surface area contributed by atoms with Crippen LogP contribution in [-0.2, 0) is 18.8 Å². The number of rotatable bonds is 13. The van der Waals surface area contributed by atoms with Crippen LogP contribution in [0.25, 0.3) is 0 Å². The monoisotopic (exact) mass is 518 g/mol. The normalized spacial score (nSPS) is 23.8. The second-order valence-electron chi connectivity index (χ2n) is 10.3. The average Bonchev–Trinajstić information content (AvgIpc) is 3.16. The Morgan fingerprint density at radius 2 is 1.76 bits per heavy atom. The van der Waals surface area contributed by atoms with Crippen LogP contribution in [0.5, 0.6) is 5.75 Å². The minimum absolute atomic E-state index is 0.0154. The van der Waals surface area contributed by atoms with Crippen molar-refractivity contribution in [1.82, 2.24) is 0 Å². The summed E-state index contributed by atoms with van der Waals surface area (Å²) in [6.07, 6.45) is 11.2. The van der Waals surface area contributed by atoms with Gasteiger partial charge in [0.2, 0.25) is 0 Å². The average molecular weight is 518 g/mol. The number of allylic oxidation sites excluding steroid dienone is 2. The summed E-state index contributed by atoms with van der Waals surface area (Å²) in [5.74, 6) is 0.940. The number of esters is 1. The van der Waals surface area contributed by atoms with Crippen LogP contribution in [0.15, 0.2) is 85.0 Å². The molecule has 0 spiro atoms. The SMILES string of the molecule is CC(C)OC(=O)CCCC=CCC1C2CC(OB(c3ccccc3)O2)C1C=CC(O)COc1ccccc1. The van der Waals surface area contributed by atoms with E-state index in [0.717, 1.165) is 36.9 Å². The quantitative estimate of drug-likeness (QED) is 0.177. The van der Waals surface area contributed by atoms with Crippen molar-refractivity contribution in [3.8, 4) is 5.75 Å². The molecule has 2 aromatic rings. The van der Waals surface area contributed by atoms with E-state index in [1.807, 2.05) is 80.6 Å². The molecule has 1 saturated heterocycles. The van der Waals surface area contributed by atoms with Crippen LogP contribution in [0.3, 0.4) is 0 Å². The van der Waals surface area contributed by atoms with Crippen LogP contribution in [0.1, 0.15) is 46.0 Å². The standard InChI is InChI=1S/C31H39BO6/c1-23(2)36-31(34)18-12-4-3-11-17-27-28(20-19-25(33)22-35-26-15-9-6-10-16-26)30-21-29(27)37-32(38-30)24-13-7-5-8-14-24/h3,5-11,13-16,19-20,23,25,27-30,33H,4,12,17-18,21-22H2,1-2H3. The maximum atomic E-state index is 11.8. The van der Waals surface area contributed by atoms with Gasteiger partial charge < -0.3 is 23.9 Å². The topological polar surface area (TPSA) is 74.2 Å². The number of ether oxygens (including phenoxy) is 2. The highest BCUT2D eigenvalue weighted by atomic mass is 16.6. The smallest absolute Gasteiger partial charge is 0.491 e.